The first kappa shape index (κ1) is 24.0. The molecule has 0 saturated carbocycles. The van der Waals surface area contributed by atoms with Crippen molar-refractivity contribution < 1.29 is 4.79 Å². The molecule has 0 spiro atoms. The molecule has 1 aromatic carbocycles. The zero-order valence-electron chi connectivity index (χ0n) is 21.0. The molecule has 3 aromatic heterocycles. The number of primary amides is 1. The number of nitrogens with zero attached hydrogens (tertiary/aromatic N) is 7. The molecule has 4 aromatic rings. The van der Waals surface area contributed by atoms with Crippen molar-refractivity contribution in [3.8, 4) is 11.1 Å². The Kier molecular flexibility index (Phi) is 6.99. The van der Waals surface area contributed by atoms with Crippen LogP contribution in [0.5, 0.6) is 0 Å². The first-order chi connectivity index (χ1) is 17.5. The number of piperidine rings is 1. The Morgan fingerprint density at radius 1 is 1.11 bits per heavy atom. The molecule has 36 heavy (non-hydrogen) atoms. The minimum atomic E-state index is -0.251. The molecule has 9 heteroatoms. The number of fused-ring (bicyclic) bond motifs is 1. The maximum Gasteiger partial charge on any atom is 0.231 e. The molecule has 4 heterocycles. The zero-order valence-corrected chi connectivity index (χ0v) is 21.0. The average molecular weight is 487 g/mol. The van der Waals surface area contributed by atoms with Crippen molar-refractivity contribution in [3.05, 3.63) is 60.8 Å². The first-order valence-corrected chi connectivity index (χ1v) is 12.6. The van der Waals surface area contributed by atoms with E-state index in [0.29, 0.717) is 12.5 Å². The van der Waals surface area contributed by atoms with Crippen molar-refractivity contribution in [3.63, 3.8) is 0 Å². The Balaban J connectivity index is 1.29. The molecule has 188 valence electrons. The van der Waals surface area contributed by atoms with Crippen LogP contribution >= 0.6 is 0 Å². The molecule has 1 aliphatic rings. The summed E-state index contributed by atoms with van der Waals surface area (Å²) in [6, 6.07) is 10.8. The molecule has 0 atom stereocenters. The zero-order chi connectivity index (χ0) is 25.1. The standard InChI is InChI=1S/C27H34N8O/c1-3-34(15-20-4-6-22(7-5-20)23-14-31-32(2)17-23)26-24-10-13-35(27(24)30-19-29-26)16-21-8-11-33(12-9-21)18-25(28)36/h4-7,10,13-14,17,19,21H,3,8-9,11-12,15-16,18H2,1-2H3,(H2,28,36). The summed E-state index contributed by atoms with van der Waals surface area (Å²) in [5, 5.41) is 5.35. The number of anilines is 1. The van der Waals surface area contributed by atoms with Crippen LogP contribution in [0.3, 0.4) is 0 Å². The molecular formula is C27H34N8O. The highest BCUT2D eigenvalue weighted by atomic mass is 16.1. The van der Waals surface area contributed by atoms with Gasteiger partial charge in [0, 0.05) is 44.6 Å². The molecule has 1 saturated heterocycles. The van der Waals surface area contributed by atoms with Gasteiger partial charge in [0.25, 0.3) is 0 Å². The van der Waals surface area contributed by atoms with Gasteiger partial charge in [-0.1, -0.05) is 24.3 Å². The van der Waals surface area contributed by atoms with E-state index in [-0.39, 0.29) is 5.91 Å². The van der Waals surface area contributed by atoms with Gasteiger partial charge in [0.2, 0.25) is 5.91 Å². The molecule has 2 N–H and O–H groups in total. The number of amides is 1. The monoisotopic (exact) mass is 486 g/mol. The number of rotatable bonds is 9. The molecule has 1 amide bonds. The van der Waals surface area contributed by atoms with Gasteiger partial charge in [0.1, 0.15) is 17.8 Å². The van der Waals surface area contributed by atoms with Gasteiger partial charge in [0.15, 0.2) is 0 Å². The van der Waals surface area contributed by atoms with Crippen LogP contribution in [0.1, 0.15) is 25.3 Å². The number of likely N-dealkylation sites (tertiary alicyclic amines) is 1. The Bertz CT molecular complexity index is 1320. The Hall–Kier alpha value is -3.72. The molecule has 0 unspecified atom stereocenters. The molecule has 1 fully saturated rings. The predicted molar refractivity (Wildman–Crippen MR) is 141 cm³/mol. The highest BCUT2D eigenvalue weighted by molar-refractivity contribution is 5.87. The van der Waals surface area contributed by atoms with E-state index < -0.39 is 0 Å². The van der Waals surface area contributed by atoms with Crippen LogP contribution < -0.4 is 10.6 Å². The van der Waals surface area contributed by atoms with Crippen LogP contribution in [0.25, 0.3) is 22.2 Å². The molecule has 9 nitrogen and oxygen atoms in total. The van der Waals surface area contributed by atoms with E-state index in [1.807, 2.05) is 24.1 Å². The Morgan fingerprint density at radius 3 is 2.56 bits per heavy atom. The van der Waals surface area contributed by atoms with Crippen LogP contribution in [0.2, 0.25) is 0 Å². The van der Waals surface area contributed by atoms with Crippen LogP contribution in [-0.2, 0) is 24.9 Å². The lowest BCUT2D eigenvalue weighted by atomic mass is 9.96. The lowest BCUT2D eigenvalue weighted by Crippen LogP contribution is -2.40. The predicted octanol–water partition coefficient (Wildman–Crippen LogP) is 3.06. The summed E-state index contributed by atoms with van der Waals surface area (Å²) in [5.41, 5.74) is 9.85. The quantitative estimate of drug-likeness (QED) is 0.391. The number of aromatic nitrogens is 5. The van der Waals surface area contributed by atoms with E-state index in [1.54, 1.807) is 6.33 Å². The molecule has 0 aliphatic carbocycles. The molecular weight excluding hydrogens is 452 g/mol. The lowest BCUT2D eigenvalue weighted by Gasteiger charge is -2.31. The summed E-state index contributed by atoms with van der Waals surface area (Å²) in [4.78, 5) is 25.0. The number of nitrogens with two attached hydrogens (primary N) is 1. The van der Waals surface area contributed by atoms with Crippen molar-refractivity contribution in [2.75, 3.05) is 31.1 Å². The lowest BCUT2D eigenvalue weighted by molar-refractivity contribution is -0.119. The van der Waals surface area contributed by atoms with E-state index in [9.17, 15) is 4.79 Å². The third-order valence-corrected chi connectivity index (χ3v) is 7.12. The average Bonchev–Trinajstić information content (AvgIpc) is 3.50. The van der Waals surface area contributed by atoms with Crippen molar-refractivity contribution in [2.45, 2.75) is 32.9 Å². The summed E-state index contributed by atoms with van der Waals surface area (Å²) in [7, 11) is 1.93. The third kappa shape index (κ3) is 5.26. The van der Waals surface area contributed by atoms with E-state index >= 15 is 0 Å². The van der Waals surface area contributed by atoms with Crippen LogP contribution in [0.15, 0.2) is 55.2 Å². The second-order valence-corrected chi connectivity index (χ2v) is 9.70. The van der Waals surface area contributed by atoms with Gasteiger partial charge in [0.05, 0.1) is 18.1 Å². The SMILES string of the molecule is CCN(Cc1ccc(-c2cnn(C)c2)cc1)c1ncnc2c1ccn2CC1CCN(CC(N)=O)CC1. The van der Waals surface area contributed by atoms with Crippen molar-refractivity contribution >= 4 is 22.8 Å². The van der Waals surface area contributed by atoms with Gasteiger partial charge in [-0.15, -0.1) is 0 Å². The third-order valence-electron chi connectivity index (χ3n) is 7.12. The second-order valence-electron chi connectivity index (χ2n) is 9.70. The highest BCUT2D eigenvalue weighted by Crippen LogP contribution is 2.28. The number of aryl methyl sites for hydroxylation is 1. The summed E-state index contributed by atoms with van der Waals surface area (Å²) >= 11 is 0. The van der Waals surface area contributed by atoms with Gasteiger partial charge in [-0.25, -0.2) is 9.97 Å². The Morgan fingerprint density at radius 2 is 1.89 bits per heavy atom. The van der Waals surface area contributed by atoms with Crippen molar-refractivity contribution in [1.82, 2.24) is 29.2 Å². The minimum Gasteiger partial charge on any atom is -0.369 e. The van der Waals surface area contributed by atoms with E-state index in [0.717, 1.165) is 73.5 Å². The van der Waals surface area contributed by atoms with E-state index in [4.69, 9.17) is 5.73 Å². The first-order valence-electron chi connectivity index (χ1n) is 12.6. The van der Waals surface area contributed by atoms with Gasteiger partial charge in [-0.2, -0.15) is 5.10 Å². The summed E-state index contributed by atoms with van der Waals surface area (Å²) in [6.07, 6.45) is 9.84. The van der Waals surface area contributed by atoms with Crippen LogP contribution in [0, 0.1) is 5.92 Å². The fourth-order valence-electron chi connectivity index (χ4n) is 5.15. The highest BCUT2D eigenvalue weighted by Gasteiger charge is 2.22. The van der Waals surface area contributed by atoms with Gasteiger partial charge < -0.3 is 15.2 Å². The number of hydrogen-bond donors (Lipinski definition) is 1. The molecule has 5 rings (SSSR count). The second kappa shape index (κ2) is 10.5. The van der Waals surface area contributed by atoms with Gasteiger partial charge in [-0.05, 0) is 56.0 Å². The van der Waals surface area contributed by atoms with Gasteiger partial charge in [-0.3, -0.25) is 14.4 Å². The number of carbonyl (C=O) groups is 1. The smallest absolute Gasteiger partial charge is 0.231 e. The topological polar surface area (TPSA) is 98.1 Å². The van der Waals surface area contributed by atoms with Crippen molar-refractivity contribution in [2.24, 2.45) is 18.7 Å². The summed E-state index contributed by atoms with van der Waals surface area (Å²) in [5.74, 6) is 1.27. The Labute approximate surface area is 211 Å². The largest absolute Gasteiger partial charge is 0.369 e. The number of benzene rings is 1. The molecule has 0 bridgehead atoms. The van der Waals surface area contributed by atoms with Crippen LogP contribution in [0.4, 0.5) is 5.82 Å². The summed E-state index contributed by atoms with van der Waals surface area (Å²) < 4.78 is 4.08. The van der Waals surface area contributed by atoms with Crippen LogP contribution in [-0.4, -0.2) is 61.3 Å². The van der Waals surface area contributed by atoms with E-state index in [1.165, 1.54) is 5.56 Å². The molecule has 1 aliphatic heterocycles. The fraction of sp³-hybridized carbons (Fsp3) is 0.407. The normalized spacial score (nSPS) is 14.9. The maximum absolute atomic E-state index is 11.2. The van der Waals surface area contributed by atoms with E-state index in [2.05, 4.69) is 72.9 Å². The summed E-state index contributed by atoms with van der Waals surface area (Å²) in [6.45, 7) is 6.89. The van der Waals surface area contributed by atoms with Crippen molar-refractivity contribution in [1.29, 1.82) is 0 Å². The molecule has 0 radical (unpaired) electrons. The van der Waals surface area contributed by atoms with Gasteiger partial charge >= 0.3 is 0 Å². The minimum absolute atomic E-state index is 0.251. The maximum atomic E-state index is 11.2. The number of hydrogen-bond acceptors (Lipinski definition) is 6. The fourth-order valence-corrected chi connectivity index (χ4v) is 5.15. The number of carbonyl (C=O) groups excluding carboxylic acids is 1.